The van der Waals surface area contributed by atoms with Crippen LogP contribution >= 0.6 is 0 Å². The summed E-state index contributed by atoms with van der Waals surface area (Å²) in [6.45, 7) is 1.96. The lowest BCUT2D eigenvalue weighted by molar-refractivity contribution is 0.444. The molecule has 0 atom stereocenters. The molecule has 0 bridgehead atoms. The largest absolute Gasteiger partial charge is 0.317 e. The van der Waals surface area contributed by atoms with Crippen molar-refractivity contribution in [3.63, 3.8) is 0 Å². The number of aromatic amines is 1. The van der Waals surface area contributed by atoms with Crippen LogP contribution in [0.15, 0.2) is 35.4 Å². The first kappa shape index (κ1) is 12.0. The molecule has 5 heteroatoms. The molecule has 98 valence electrons. The number of hydrogen-bond acceptors (Lipinski definition) is 4. The number of rotatable bonds is 2. The number of aromatic nitrogens is 3. The highest BCUT2D eigenvalue weighted by Crippen LogP contribution is 2.23. The monoisotopic (exact) mass is 256 g/mol. The van der Waals surface area contributed by atoms with Gasteiger partial charge < -0.3 is 10.3 Å². The van der Waals surface area contributed by atoms with Crippen LogP contribution in [0.2, 0.25) is 0 Å². The van der Waals surface area contributed by atoms with Crippen molar-refractivity contribution in [1.29, 1.82) is 0 Å². The Morgan fingerprint density at radius 3 is 2.63 bits per heavy atom. The number of pyridine rings is 1. The van der Waals surface area contributed by atoms with Gasteiger partial charge in [-0.05, 0) is 38.1 Å². The highest BCUT2D eigenvalue weighted by Gasteiger charge is 2.18. The SMILES string of the molecule is O=c1cc(-c2ccncc2)nc(C2CCNCC2)[nH]1. The van der Waals surface area contributed by atoms with E-state index in [0.717, 1.165) is 43.0 Å². The molecule has 3 rings (SSSR count). The third kappa shape index (κ3) is 2.71. The van der Waals surface area contributed by atoms with E-state index in [1.165, 1.54) is 0 Å². The molecule has 1 aliphatic heterocycles. The Morgan fingerprint density at radius 2 is 1.89 bits per heavy atom. The van der Waals surface area contributed by atoms with Gasteiger partial charge in [0.2, 0.25) is 0 Å². The van der Waals surface area contributed by atoms with Crippen molar-refractivity contribution < 1.29 is 0 Å². The van der Waals surface area contributed by atoms with Crippen molar-refractivity contribution in [3.8, 4) is 11.3 Å². The van der Waals surface area contributed by atoms with Crippen molar-refractivity contribution >= 4 is 0 Å². The number of nitrogens with zero attached hydrogens (tertiary/aromatic N) is 2. The maximum atomic E-state index is 11.8. The predicted molar refractivity (Wildman–Crippen MR) is 72.9 cm³/mol. The summed E-state index contributed by atoms with van der Waals surface area (Å²) in [6, 6.07) is 5.28. The van der Waals surface area contributed by atoms with Crippen LogP contribution in [-0.4, -0.2) is 28.0 Å². The lowest BCUT2D eigenvalue weighted by atomic mass is 9.97. The summed E-state index contributed by atoms with van der Waals surface area (Å²) in [6.07, 6.45) is 5.45. The molecule has 1 aliphatic rings. The van der Waals surface area contributed by atoms with E-state index in [4.69, 9.17) is 0 Å². The molecule has 2 N–H and O–H groups in total. The summed E-state index contributed by atoms with van der Waals surface area (Å²) in [5.74, 6) is 1.15. The standard InChI is InChI=1S/C14H16N4O/c19-13-9-12(10-1-5-15-6-2-10)17-14(18-13)11-3-7-16-8-4-11/h1-2,5-6,9,11,16H,3-4,7-8H2,(H,17,18,19). The van der Waals surface area contributed by atoms with Crippen LogP contribution in [0.4, 0.5) is 0 Å². The molecule has 5 nitrogen and oxygen atoms in total. The summed E-state index contributed by atoms with van der Waals surface area (Å²) in [5, 5.41) is 3.32. The molecule has 1 saturated heterocycles. The summed E-state index contributed by atoms with van der Waals surface area (Å²) >= 11 is 0. The van der Waals surface area contributed by atoms with Crippen LogP contribution in [-0.2, 0) is 0 Å². The van der Waals surface area contributed by atoms with E-state index in [9.17, 15) is 4.79 Å². The molecular formula is C14H16N4O. The van der Waals surface area contributed by atoms with Crippen LogP contribution in [0, 0.1) is 0 Å². The van der Waals surface area contributed by atoms with Gasteiger partial charge in [0.15, 0.2) is 0 Å². The average Bonchev–Trinajstić information content (AvgIpc) is 2.48. The van der Waals surface area contributed by atoms with Crippen molar-refractivity contribution in [3.05, 3.63) is 46.8 Å². The summed E-state index contributed by atoms with van der Waals surface area (Å²) in [4.78, 5) is 23.3. The minimum atomic E-state index is -0.0876. The van der Waals surface area contributed by atoms with Crippen LogP contribution in [0.5, 0.6) is 0 Å². The van der Waals surface area contributed by atoms with Gasteiger partial charge in [0.1, 0.15) is 5.82 Å². The van der Waals surface area contributed by atoms with E-state index in [1.54, 1.807) is 18.5 Å². The lowest BCUT2D eigenvalue weighted by Gasteiger charge is -2.21. The van der Waals surface area contributed by atoms with Gasteiger partial charge in [-0.15, -0.1) is 0 Å². The molecular weight excluding hydrogens is 240 g/mol. The fourth-order valence-corrected chi connectivity index (χ4v) is 2.44. The summed E-state index contributed by atoms with van der Waals surface area (Å²) < 4.78 is 0. The molecule has 3 heterocycles. The molecule has 2 aromatic heterocycles. The van der Waals surface area contributed by atoms with Gasteiger partial charge in [0, 0.05) is 29.9 Å². The molecule has 0 radical (unpaired) electrons. The van der Waals surface area contributed by atoms with Crippen LogP contribution in [0.1, 0.15) is 24.6 Å². The highest BCUT2D eigenvalue weighted by atomic mass is 16.1. The Kier molecular flexibility index (Phi) is 3.37. The lowest BCUT2D eigenvalue weighted by Crippen LogP contribution is -2.28. The maximum absolute atomic E-state index is 11.8. The molecule has 0 saturated carbocycles. The highest BCUT2D eigenvalue weighted by molar-refractivity contribution is 5.57. The topological polar surface area (TPSA) is 70.7 Å². The second-order valence-electron chi connectivity index (χ2n) is 4.78. The second kappa shape index (κ2) is 5.32. The number of hydrogen-bond donors (Lipinski definition) is 2. The molecule has 19 heavy (non-hydrogen) atoms. The predicted octanol–water partition coefficient (Wildman–Crippen LogP) is 1.30. The third-order valence-corrected chi connectivity index (χ3v) is 3.46. The normalized spacial score (nSPS) is 16.4. The van der Waals surface area contributed by atoms with Crippen molar-refractivity contribution in [2.75, 3.05) is 13.1 Å². The number of nitrogens with one attached hydrogen (secondary N) is 2. The minimum absolute atomic E-state index is 0.0876. The zero-order valence-electron chi connectivity index (χ0n) is 10.6. The molecule has 0 unspecified atom stereocenters. The first-order valence-electron chi connectivity index (χ1n) is 6.55. The van der Waals surface area contributed by atoms with Crippen molar-refractivity contribution in [1.82, 2.24) is 20.3 Å². The first-order valence-corrected chi connectivity index (χ1v) is 6.55. The third-order valence-electron chi connectivity index (χ3n) is 3.46. The Morgan fingerprint density at radius 1 is 1.16 bits per heavy atom. The van der Waals surface area contributed by atoms with E-state index in [1.807, 2.05) is 12.1 Å². The van der Waals surface area contributed by atoms with E-state index in [-0.39, 0.29) is 5.56 Å². The number of H-pyrrole nitrogens is 1. The van der Waals surface area contributed by atoms with Gasteiger partial charge >= 0.3 is 0 Å². The smallest absolute Gasteiger partial charge is 0.251 e. The Labute approximate surface area is 111 Å². The zero-order valence-corrected chi connectivity index (χ0v) is 10.6. The van der Waals surface area contributed by atoms with Gasteiger partial charge in [-0.1, -0.05) is 0 Å². The molecule has 0 amide bonds. The fourth-order valence-electron chi connectivity index (χ4n) is 2.44. The Bertz CT molecular complexity index is 602. The molecule has 0 aromatic carbocycles. The van der Waals surface area contributed by atoms with Crippen LogP contribution < -0.4 is 10.9 Å². The maximum Gasteiger partial charge on any atom is 0.251 e. The molecule has 0 spiro atoms. The molecule has 2 aromatic rings. The number of piperidine rings is 1. The van der Waals surface area contributed by atoms with Gasteiger partial charge in [0.25, 0.3) is 5.56 Å². The van der Waals surface area contributed by atoms with Crippen molar-refractivity contribution in [2.45, 2.75) is 18.8 Å². The quantitative estimate of drug-likeness (QED) is 0.849. The second-order valence-corrected chi connectivity index (χ2v) is 4.78. The van der Waals surface area contributed by atoms with Crippen LogP contribution in [0.25, 0.3) is 11.3 Å². The van der Waals surface area contributed by atoms with Gasteiger partial charge in [-0.2, -0.15) is 0 Å². The van der Waals surface area contributed by atoms with E-state index < -0.39 is 0 Å². The Hall–Kier alpha value is -2.01. The Balaban J connectivity index is 1.98. The summed E-state index contributed by atoms with van der Waals surface area (Å²) in [7, 11) is 0. The van der Waals surface area contributed by atoms with E-state index in [0.29, 0.717) is 5.92 Å². The minimum Gasteiger partial charge on any atom is -0.317 e. The van der Waals surface area contributed by atoms with Gasteiger partial charge in [0.05, 0.1) is 5.69 Å². The van der Waals surface area contributed by atoms with Crippen LogP contribution in [0.3, 0.4) is 0 Å². The van der Waals surface area contributed by atoms with Crippen molar-refractivity contribution in [2.24, 2.45) is 0 Å². The fraction of sp³-hybridized carbons (Fsp3) is 0.357. The van der Waals surface area contributed by atoms with E-state index in [2.05, 4.69) is 20.3 Å². The molecule has 1 fully saturated rings. The van der Waals surface area contributed by atoms with E-state index >= 15 is 0 Å². The first-order chi connectivity index (χ1) is 9.33. The summed E-state index contributed by atoms with van der Waals surface area (Å²) in [5.41, 5.74) is 1.56. The molecule has 0 aliphatic carbocycles. The van der Waals surface area contributed by atoms with Gasteiger partial charge in [-0.3, -0.25) is 9.78 Å². The average molecular weight is 256 g/mol. The zero-order chi connectivity index (χ0) is 13.1. The van der Waals surface area contributed by atoms with Gasteiger partial charge in [-0.25, -0.2) is 4.98 Å².